The minimum absolute atomic E-state index is 0.584. The van der Waals surface area contributed by atoms with E-state index in [0.29, 0.717) is 18.9 Å². The van der Waals surface area contributed by atoms with Crippen molar-refractivity contribution in [3.8, 4) is 0 Å². The number of rotatable bonds is 2. The summed E-state index contributed by atoms with van der Waals surface area (Å²) in [6.45, 7) is 3.00. The van der Waals surface area contributed by atoms with Crippen molar-refractivity contribution in [1.29, 1.82) is 0 Å². The highest BCUT2D eigenvalue weighted by Gasteiger charge is 2.32. The van der Waals surface area contributed by atoms with Crippen molar-refractivity contribution >= 4 is 17.6 Å². The van der Waals surface area contributed by atoms with Crippen LogP contribution in [0.25, 0.3) is 0 Å². The fourth-order valence-corrected chi connectivity index (χ4v) is 3.94. The maximum absolute atomic E-state index is 12.7. The van der Waals surface area contributed by atoms with Gasteiger partial charge in [-0.2, -0.15) is 17.7 Å². The number of halogens is 4. The van der Waals surface area contributed by atoms with Gasteiger partial charge in [0.1, 0.15) is 5.82 Å². The number of hydrazine groups is 1. The number of pyridine rings is 1. The fraction of sp³-hybridized carbons (Fsp3) is 0.471. The summed E-state index contributed by atoms with van der Waals surface area (Å²) in [5, 5.41) is 0. The molecule has 0 spiro atoms. The molecule has 0 atom stereocenters. The zero-order valence-corrected chi connectivity index (χ0v) is 14.8. The molecule has 0 amide bonds. The van der Waals surface area contributed by atoms with E-state index in [1.807, 2.05) is 11.1 Å². The van der Waals surface area contributed by atoms with Gasteiger partial charge >= 0.3 is 6.18 Å². The SMILES string of the molecule is FC(F)(F)c1ccc(N2CCN(C3=CNN(Cl)C4=C3CCC4)CC2)nc1. The first-order valence-electron chi connectivity index (χ1n) is 8.61. The normalized spacial score (nSPS) is 20.9. The summed E-state index contributed by atoms with van der Waals surface area (Å²) in [6, 6.07) is 2.54. The Labute approximate surface area is 154 Å². The molecular formula is C17H19ClF3N5. The zero-order chi connectivity index (χ0) is 18.3. The molecule has 1 N–H and O–H groups in total. The van der Waals surface area contributed by atoms with Gasteiger partial charge in [-0.25, -0.2) is 4.98 Å². The molecule has 0 unspecified atom stereocenters. The van der Waals surface area contributed by atoms with Gasteiger partial charge in [0.2, 0.25) is 0 Å². The second kappa shape index (κ2) is 6.57. The molecule has 4 rings (SSSR count). The number of hydrogen-bond acceptors (Lipinski definition) is 5. The van der Waals surface area contributed by atoms with Crippen LogP contribution in [0.2, 0.25) is 0 Å². The van der Waals surface area contributed by atoms with Crippen molar-refractivity contribution in [3.05, 3.63) is 47.1 Å². The molecule has 3 heterocycles. The number of anilines is 1. The lowest BCUT2D eigenvalue weighted by Crippen LogP contribution is -2.47. The molecule has 2 aliphatic heterocycles. The summed E-state index contributed by atoms with van der Waals surface area (Å²) in [5.41, 5.74) is 5.95. The first kappa shape index (κ1) is 17.3. The van der Waals surface area contributed by atoms with Gasteiger partial charge in [0.15, 0.2) is 0 Å². The third-order valence-corrected chi connectivity index (χ3v) is 5.37. The molecule has 0 bridgehead atoms. The second-order valence-electron chi connectivity index (χ2n) is 6.60. The number of nitrogens with zero attached hydrogens (tertiary/aromatic N) is 4. The quantitative estimate of drug-likeness (QED) is 0.788. The second-order valence-corrected chi connectivity index (χ2v) is 6.93. The monoisotopic (exact) mass is 385 g/mol. The lowest BCUT2D eigenvalue weighted by molar-refractivity contribution is -0.137. The number of nitrogens with one attached hydrogen (secondary N) is 1. The van der Waals surface area contributed by atoms with Crippen molar-refractivity contribution < 1.29 is 13.2 Å². The van der Waals surface area contributed by atoms with Gasteiger partial charge in [0.25, 0.3) is 0 Å². The minimum atomic E-state index is -4.35. The number of aromatic nitrogens is 1. The third kappa shape index (κ3) is 3.18. The molecule has 1 fully saturated rings. The van der Waals surface area contributed by atoms with E-state index in [4.69, 9.17) is 11.8 Å². The van der Waals surface area contributed by atoms with Crippen molar-refractivity contribution in [1.82, 2.24) is 19.8 Å². The van der Waals surface area contributed by atoms with E-state index >= 15 is 0 Å². The molecule has 1 aromatic rings. The first-order chi connectivity index (χ1) is 12.4. The smallest absolute Gasteiger partial charge is 0.366 e. The summed E-state index contributed by atoms with van der Waals surface area (Å²) in [7, 11) is 0. The third-order valence-electron chi connectivity index (χ3n) is 5.07. The number of alkyl halides is 3. The molecule has 1 aromatic heterocycles. The Kier molecular flexibility index (Phi) is 4.38. The van der Waals surface area contributed by atoms with Gasteiger partial charge in [0.05, 0.1) is 17.0 Å². The zero-order valence-electron chi connectivity index (χ0n) is 14.1. The first-order valence-corrected chi connectivity index (χ1v) is 8.95. The lowest BCUT2D eigenvalue weighted by Gasteiger charge is -2.40. The Bertz CT molecular complexity index is 736. The van der Waals surface area contributed by atoms with Gasteiger partial charge in [-0.1, -0.05) is 0 Å². The highest BCUT2D eigenvalue weighted by molar-refractivity contribution is 6.14. The van der Waals surface area contributed by atoms with Crippen LogP contribution in [0, 0.1) is 0 Å². The summed E-state index contributed by atoms with van der Waals surface area (Å²) in [6.07, 6.45) is 1.57. The highest BCUT2D eigenvalue weighted by Crippen LogP contribution is 2.37. The van der Waals surface area contributed by atoms with E-state index in [0.717, 1.165) is 50.3 Å². The van der Waals surface area contributed by atoms with Crippen LogP contribution in [0.1, 0.15) is 24.8 Å². The number of hydrogen-bond donors (Lipinski definition) is 1. The van der Waals surface area contributed by atoms with Crippen molar-refractivity contribution in [2.24, 2.45) is 0 Å². The average molecular weight is 386 g/mol. The predicted octanol–water partition coefficient (Wildman–Crippen LogP) is 3.48. The van der Waals surface area contributed by atoms with Gasteiger partial charge in [0, 0.05) is 50.4 Å². The van der Waals surface area contributed by atoms with E-state index in [-0.39, 0.29) is 0 Å². The van der Waals surface area contributed by atoms with Crippen LogP contribution in [0.3, 0.4) is 0 Å². The molecular weight excluding hydrogens is 367 g/mol. The van der Waals surface area contributed by atoms with Crippen molar-refractivity contribution in [2.75, 3.05) is 31.1 Å². The lowest BCUT2D eigenvalue weighted by atomic mass is 10.1. The van der Waals surface area contributed by atoms with E-state index in [1.165, 1.54) is 17.3 Å². The number of allylic oxidation sites excluding steroid dienone is 2. The molecule has 0 radical (unpaired) electrons. The van der Waals surface area contributed by atoms with Crippen LogP contribution in [0.15, 0.2) is 41.5 Å². The van der Waals surface area contributed by atoms with Crippen LogP contribution in [0.4, 0.5) is 19.0 Å². The van der Waals surface area contributed by atoms with Crippen LogP contribution in [0.5, 0.6) is 0 Å². The summed E-state index contributed by atoms with van der Waals surface area (Å²) in [4.78, 5) is 8.32. The summed E-state index contributed by atoms with van der Waals surface area (Å²) >= 11 is 6.17. The maximum atomic E-state index is 12.7. The Morgan fingerprint density at radius 2 is 1.77 bits per heavy atom. The number of piperazine rings is 1. The molecule has 26 heavy (non-hydrogen) atoms. The van der Waals surface area contributed by atoms with Gasteiger partial charge in [-0.05, 0) is 37.0 Å². The Balaban J connectivity index is 1.42. The van der Waals surface area contributed by atoms with Crippen molar-refractivity contribution in [2.45, 2.75) is 25.4 Å². The van der Waals surface area contributed by atoms with Gasteiger partial charge in [-0.15, -0.1) is 0 Å². The molecule has 0 saturated carbocycles. The van der Waals surface area contributed by atoms with Gasteiger partial charge < -0.3 is 9.80 Å². The Morgan fingerprint density at radius 1 is 1.04 bits per heavy atom. The average Bonchev–Trinajstić information content (AvgIpc) is 3.12. The Morgan fingerprint density at radius 3 is 2.42 bits per heavy atom. The molecule has 1 saturated heterocycles. The van der Waals surface area contributed by atoms with Crippen LogP contribution < -0.4 is 10.3 Å². The molecule has 140 valence electrons. The standard InChI is InChI=1S/C17H19ClF3N5/c18-26-14-3-1-2-13(14)15(11-23-26)24-6-8-25(9-7-24)16-5-4-12(10-22-16)17(19,20)21/h4-5,10-11,23H,1-3,6-9H2. The largest absolute Gasteiger partial charge is 0.417 e. The topological polar surface area (TPSA) is 34.6 Å². The maximum Gasteiger partial charge on any atom is 0.417 e. The van der Waals surface area contributed by atoms with E-state index in [9.17, 15) is 13.2 Å². The highest BCUT2D eigenvalue weighted by atomic mass is 35.5. The van der Waals surface area contributed by atoms with Crippen molar-refractivity contribution in [3.63, 3.8) is 0 Å². The fourth-order valence-electron chi connectivity index (χ4n) is 3.70. The van der Waals surface area contributed by atoms with Crippen LogP contribution in [-0.2, 0) is 6.18 Å². The Hall–Kier alpha value is -2.09. The summed E-state index contributed by atoms with van der Waals surface area (Å²) in [5.74, 6) is 0.584. The van der Waals surface area contributed by atoms with E-state index < -0.39 is 11.7 Å². The van der Waals surface area contributed by atoms with E-state index in [2.05, 4.69) is 15.3 Å². The van der Waals surface area contributed by atoms with E-state index in [1.54, 1.807) is 4.53 Å². The van der Waals surface area contributed by atoms with Gasteiger partial charge in [-0.3, -0.25) is 5.43 Å². The van der Waals surface area contributed by atoms with Crippen LogP contribution >= 0.6 is 11.8 Å². The molecule has 0 aromatic carbocycles. The van der Waals surface area contributed by atoms with Crippen LogP contribution in [-0.4, -0.2) is 40.6 Å². The molecule has 5 nitrogen and oxygen atoms in total. The predicted molar refractivity (Wildman–Crippen MR) is 92.8 cm³/mol. The summed E-state index contributed by atoms with van der Waals surface area (Å²) < 4.78 is 39.6. The minimum Gasteiger partial charge on any atom is -0.366 e. The molecule has 3 aliphatic rings. The molecule has 9 heteroatoms. The molecule has 1 aliphatic carbocycles.